The number of rotatable bonds is 1. The minimum atomic E-state index is 0.248. The molecule has 0 fully saturated rings. The molecule has 0 aliphatic rings. The summed E-state index contributed by atoms with van der Waals surface area (Å²) >= 11 is 7.42. The summed E-state index contributed by atoms with van der Waals surface area (Å²) in [5, 5.41) is 7.42. The lowest BCUT2D eigenvalue weighted by molar-refractivity contribution is 0.851. The van der Waals surface area contributed by atoms with Crippen LogP contribution in [0.5, 0.6) is 0 Å². The molecule has 0 saturated carbocycles. The molecule has 3 heterocycles. The first-order valence-corrected chi connectivity index (χ1v) is 5.92. The third-order valence-corrected chi connectivity index (χ3v) is 3.18. The van der Waals surface area contributed by atoms with Gasteiger partial charge in [-0.25, -0.2) is 9.67 Å². The fraction of sp³-hybridized carbons (Fsp3) is 0.100. The van der Waals surface area contributed by atoms with Gasteiger partial charge in [0.25, 0.3) is 0 Å². The van der Waals surface area contributed by atoms with Crippen LogP contribution < -0.4 is 0 Å². The van der Waals surface area contributed by atoms with Crippen molar-refractivity contribution in [2.45, 2.75) is 6.92 Å². The normalized spacial score (nSPS) is 11.1. The molecule has 3 aromatic rings. The van der Waals surface area contributed by atoms with Crippen molar-refractivity contribution in [2.75, 3.05) is 0 Å². The van der Waals surface area contributed by atoms with E-state index in [0.717, 1.165) is 21.6 Å². The van der Waals surface area contributed by atoms with Crippen LogP contribution in [0, 0.1) is 6.92 Å². The van der Waals surface area contributed by atoms with Gasteiger partial charge in [-0.15, -0.1) is 11.3 Å². The summed E-state index contributed by atoms with van der Waals surface area (Å²) in [6.45, 7) is 1.98. The lowest BCUT2D eigenvalue weighted by Gasteiger charge is -2.01. The summed E-state index contributed by atoms with van der Waals surface area (Å²) in [5.74, 6) is 0.726. The van der Waals surface area contributed by atoms with Crippen LogP contribution >= 0.6 is 22.9 Å². The van der Waals surface area contributed by atoms with Crippen molar-refractivity contribution < 1.29 is 0 Å². The van der Waals surface area contributed by atoms with E-state index in [0.29, 0.717) is 0 Å². The molecule has 0 radical (unpaired) electrons. The Morgan fingerprint density at radius 2 is 2.25 bits per heavy atom. The number of thiophene rings is 1. The monoisotopic (exact) mass is 250 g/mol. The lowest BCUT2D eigenvalue weighted by Crippen LogP contribution is -1.99. The van der Waals surface area contributed by atoms with Gasteiger partial charge in [0.1, 0.15) is 4.83 Å². The first-order valence-electron chi connectivity index (χ1n) is 4.66. The van der Waals surface area contributed by atoms with Gasteiger partial charge in [0.05, 0.1) is 11.6 Å². The SMILES string of the molecule is Cc1cnn(-c2nc(Cl)nc3sccc23)c1. The predicted octanol–water partition coefficient (Wildman–Crippen LogP) is 2.84. The van der Waals surface area contributed by atoms with Crippen LogP contribution in [-0.4, -0.2) is 19.7 Å². The van der Waals surface area contributed by atoms with Gasteiger partial charge in [-0.2, -0.15) is 10.1 Å². The topological polar surface area (TPSA) is 43.6 Å². The molecule has 3 aromatic heterocycles. The van der Waals surface area contributed by atoms with Crippen LogP contribution in [0.15, 0.2) is 23.8 Å². The average Bonchev–Trinajstić information content (AvgIpc) is 2.84. The summed E-state index contributed by atoms with van der Waals surface area (Å²) in [4.78, 5) is 9.26. The molecule has 0 spiro atoms. The van der Waals surface area contributed by atoms with Gasteiger partial charge >= 0.3 is 0 Å². The van der Waals surface area contributed by atoms with E-state index in [-0.39, 0.29) is 5.28 Å². The standard InChI is InChI=1S/C10H7ClN4S/c1-6-4-12-15(5-6)8-7-2-3-16-9(7)14-10(11)13-8/h2-5H,1H3. The third-order valence-electron chi connectivity index (χ3n) is 2.21. The molecule has 16 heavy (non-hydrogen) atoms. The molecule has 80 valence electrons. The maximum Gasteiger partial charge on any atom is 0.225 e. The van der Waals surface area contributed by atoms with Crippen molar-refractivity contribution in [3.63, 3.8) is 0 Å². The molecular formula is C10H7ClN4S. The van der Waals surface area contributed by atoms with Gasteiger partial charge in [0, 0.05) is 6.20 Å². The van der Waals surface area contributed by atoms with E-state index in [9.17, 15) is 0 Å². The Kier molecular flexibility index (Phi) is 2.15. The zero-order chi connectivity index (χ0) is 11.1. The molecule has 0 N–H and O–H groups in total. The Hall–Kier alpha value is -1.46. The molecule has 0 amide bonds. The molecule has 0 unspecified atom stereocenters. The van der Waals surface area contributed by atoms with Crippen LogP contribution in [0.3, 0.4) is 0 Å². The van der Waals surface area contributed by atoms with Crippen LogP contribution in [0.1, 0.15) is 5.56 Å². The number of fused-ring (bicyclic) bond motifs is 1. The highest BCUT2D eigenvalue weighted by Gasteiger charge is 2.10. The Morgan fingerprint density at radius 3 is 3.00 bits per heavy atom. The van der Waals surface area contributed by atoms with E-state index < -0.39 is 0 Å². The highest BCUT2D eigenvalue weighted by atomic mass is 35.5. The average molecular weight is 251 g/mol. The second kappa shape index (κ2) is 3.54. The zero-order valence-electron chi connectivity index (χ0n) is 8.38. The van der Waals surface area contributed by atoms with Crippen LogP contribution in [0.25, 0.3) is 16.0 Å². The van der Waals surface area contributed by atoms with E-state index in [4.69, 9.17) is 11.6 Å². The fourth-order valence-corrected chi connectivity index (χ4v) is 2.49. The summed E-state index contributed by atoms with van der Waals surface area (Å²) < 4.78 is 1.72. The molecule has 0 atom stereocenters. The highest BCUT2D eigenvalue weighted by Crippen LogP contribution is 2.25. The van der Waals surface area contributed by atoms with Crippen molar-refractivity contribution in [1.29, 1.82) is 0 Å². The number of nitrogens with zero attached hydrogens (tertiary/aromatic N) is 4. The molecule has 0 aliphatic heterocycles. The molecule has 0 saturated heterocycles. The van der Waals surface area contributed by atoms with Crippen molar-refractivity contribution >= 4 is 33.2 Å². The van der Waals surface area contributed by atoms with Gasteiger partial charge in [-0.1, -0.05) is 0 Å². The molecule has 0 aliphatic carbocycles. The van der Waals surface area contributed by atoms with Crippen LogP contribution in [0.4, 0.5) is 0 Å². The Labute approximate surface area is 101 Å². The third kappa shape index (κ3) is 1.48. The van der Waals surface area contributed by atoms with E-state index in [1.54, 1.807) is 22.2 Å². The van der Waals surface area contributed by atoms with Crippen LogP contribution in [0.2, 0.25) is 5.28 Å². The largest absolute Gasteiger partial charge is 0.225 e. The van der Waals surface area contributed by atoms with E-state index in [1.807, 2.05) is 24.6 Å². The second-order valence-electron chi connectivity index (χ2n) is 3.42. The quantitative estimate of drug-likeness (QED) is 0.624. The minimum absolute atomic E-state index is 0.248. The molecular weight excluding hydrogens is 244 g/mol. The van der Waals surface area contributed by atoms with E-state index in [1.165, 1.54) is 0 Å². The molecule has 6 heteroatoms. The van der Waals surface area contributed by atoms with Crippen molar-refractivity contribution in [3.8, 4) is 5.82 Å². The number of halogens is 1. The molecule has 0 bridgehead atoms. The summed E-state index contributed by atoms with van der Waals surface area (Å²) in [6.07, 6.45) is 3.70. The maximum absolute atomic E-state index is 5.88. The van der Waals surface area contributed by atoms with E-state index >= 15 is 0 Å². The van der Waals surface area contributed by atoms with Gasteiger partial charge in [-0.3, -0.25) is 0 Å². The molecule has 4 nitrogen and oxygen atoms in total. The highest BCUT2D eigenvalue weighted by molar-refractivity contribution is 7.16. The fourth-order valence-electron chi connectivity index (χ4n) is 1.52. The summed E-state index contributed by atoms with van der Waals surface area (Å²) in [5.41, 5.74) is 1.08. The number of aryl methyl sites for hydroxylation is 1. The van der Waals surface area contributed by atoms with Crippen molar-refractivity contribution in [2.24, 2.45) is 0 Å². The minimum Gasteiger partial charge on any atom is -0.222 e. The van der Waals surface area contributed by atoms with Gasteiger partial charge < -0.3 is 0 Å². The molecule has 0 aromatic carbocycles. The first kappa shape index (κ1) is 9.74. The van der Waals surface area contributed by atoms with Gasteiger partial charge in [0.15, 0.2) is 5.82 Å². The first-order chi connectivity index (χ1) is 7.74. The van der Waals surface area contributed by atoms with Gasteiger partial charge in [-0.05, 0) is 35.5 Å². The van der Waals surface area contributed by atoms with E-state index in [2.05, 4.69) is 15.1 Å². The number of hydrogen-bond donors (Lipinski definition) is 0. The summed E-state index contributed by atoms with van der Waals surface area (Å²) in [6, 6.07) is 1.97. The predicted molar refractivity (Wildman–Crippen MR) is 64.3 cm³/mol. The molecule has 3 rings (SSSR count). The maximum atomic E-state index is 5.88. The van der Waals surface area contributed by atoms with Gasteiger partial charge in [0.2, 0.25) is 5.28 Å². The van der Waals surface area contributed by atoms with Crippen molar-refractivity contribution in [3.05, 3.63) is 34.7 Å². The second-order valence-corrected chi connectivity index (χ2v) is 4.65. The Balaban J connectivity index is 2.33. The Morgan fingerprint density at radius 1 is 1.38 bits per heavy atom. The number of aromatic nitrogens is 4. The lowest BCUT2D eigenvalue weighted by atomic mass is 10.4. The zero-order valence-corrected chi connectivity index (χ0v) is 9.96. The Bertz CT molecular complexity index is 658. The van der Waals surface area contributed by atoms with Crippen LogP contribution in [-0.2, 0) is 0 Å². The summed E-state index contributed by atoms with van der Waals surface area (Å²) in [7, 11) is 0. The van der Waals surface area contributed by atoms with Crippen molar-refractivity contribution in [1.82, 2.24) is 19.7 Å². The number of hydrogen-bond acceptors (Lipinski definition) is 4. The smallest absolute Gasteiger partial charge is 0.222 e.